The average Bonchev–Trinajstić information content (AvgIpc) is 2.91. The van der Waals surface area contributed by atoms with Crippen LogP contribution in [0.1, 0.15) is 6.42 Å². The first kappa shape index (κ1) is 6.35. The van der Waals surface area contributed by atoms with Crippen LogP contribution >= 0.6 is 0 Å². The lowest BCUT2D eigenvalue weighted by Gasteiger charge is -2.13. The Bertz CT molecular complexity index is 223. The van der Waals surface area contributed by atoms with Crippen LogP contribution in [0.2, 0.25) is 0 Å². The summed E-state index contributed by atoms with van der Waals surface area (Å²) in [6.45, 7) is 2.51. The van der Waals surface area contributed by atoms with Gasteiger partial charge in [-0.05, 0) is 37.3 Å². The van der Waals surface area contributed by atoms with E-state index in [4.69, 9.17) is 4.84 Å². The molecule has 0 spiro atoms. The van der Waals surface area contributed by atoms with Gasteiger partial charge in [0.05, 0.1) is 6.10 Å². The van der Waals surface area contributed by atoms with Crippen molar-refractivity contribution in [3.63, 3.8) is 0 Å². The van der Waals surface area contributed by atoms with Gasteiger partial charge in [-0.2, -0.15) is 5.48 Å². The molecule has 4 unspecified atom stereocenters. The van der Waals surface area contributed by atoms with Crippen LogP contribution in [0.4, 0.5) is 0 Å². The van der Waals surface area contributed by atoms with E-state index in [-0.39, 0.29) is 0 Å². The summed E-state index contributed by atoms with van der Waals surface area (Å²) in [5.74, 6) is 3.78. The first-order valence-electron chi connectivity index (χ1n) is 5.07. The Kier molecular flexibility index (Phi) is 0.986. The third-order valence-electron chi connectivity index (χ3n) is 4.17. The highest BCUT2D eigenvalue weighted by Gasteiger charge is 2.64. The van der Waals surface area contributed by atoms with Crippen LogP contribution in [0.3, 0.4) is 0 Å². The van der Waals surface area contributed by atoms with E-state index in [1.54, 1.807) is 0 Å². The van der Waals surface area contributed by atoms with Crippen LogP contribution in [0.25, 0.3) is 0 Å². The van der Waals surface area contributed by atoms with Crippen LogP contribution in [0.15, 0.2) is 0 Å². The fraction of sp³-hybridized carbons (Fsp3) is 1.00. The van der Waals surface area contributed by atoms with E-state index in [2.05, 4.69) is 10.8 Å². The summed E-state index contributed by atoms with van der Waals surface area (Å²) < 4.78 is 0. The number of hydroxylamine groups is 1. The third kappa shape index (κ3) is 0.640. The Hall–Kier alpha value is -0.120. The fourth-order valence-electron chi connectivity index (χ4n) is 3.32. The Balaban J connectivity index is 1.53. The summed E-state index contributed by atoms with van der Waals surface area (Å²) in [5.41, 5.74) is 3.22. The number of rotatable bonds is 1. The fourth-order valence-corrected chi connectivity index (χ4v) is 3.32. The molecule has 2 aliphatic carbocycles. The second kappa shape index (κ2) is 1.86. The van der Waals surface area contributed by atoms with Crippen molar-refractivity contribution in [3.8, 4) is 0 Å². The molecule has 3 heteroatoms. The summed E-state index contributed by atoms with van der Waals surface area (Å²) in [5, 5.41) is 3.44. The van der Waals surface area contributed by atoms with Gasteiger partial charge in [-0.25, -0.2) is 0 Å². The van der Waals surface area contributed by atoms with Crippen molar-refractivity contribution >= 4 is 0 Å². The van der Waals surface area contributed by atoms with Crippen molar-refractivity contribution < 1.29 is 4.84 Å². The lowest BCUT2D eigenvalue weighted by molar-refractivity contribution is 0.0424. The molecule has 4 aliphatic rings. The molecule has 3 nitrogen and oxygen atoms in total. The molecule has 0 amide bonds. The summed E-state index contributed by atoms with van der Waals surface area (Å²) in [6.07, 6.45) is 1.91. The largest absolute Gasteiger partial charge is 0.316 e. The molecule has 2 N–H and O–H groups in total. The molecule has 4 fully saturated rings. The first-order chi connectivity index (χ1) is 5.95. The van der Waals surface area contributed by atoms with Crippen molar-refractivity contribution in [1.82, 2.24) is 10.8 Å². The Morgan fingerprint density at radius 1 is 1.08 bits per heavy atom. The van der Waals surface area contributed by atoms with Crippen molar-refractivity contribution in [3.05, 3.63) is 0 Å². The van der Waals surface area contributed by atoms with E-state index in [1.165, 1.54) is 19.5 Å². The van der Waals surface area contributed by atoms with Crippen LogP contribution in [0.5, 0.6) is 0 Å². The van der Waals surface area contributed by atoms with E-state index in [9.17, 15) is 0 Å². The van der Waals surface area contributed by atoms with Gasteiger partial charge in [0, 0.05) is 12.0 Å². The molecule has 2 heterocycles. The van der Waals surface area contributed by atoms with Gasteiger partial charge in [-0.15, -0.1) is 0 Å². The zero-order chi connectivity index (χ0) is 7.71. The van der Waals surface area contributed by atoms with Gasteiger partial charge in [-0.3, -0.25) is 4.84 Å². The van der Waals surface area contributed by atoms with Gasteiger partial charge in [0.25, 0.3) is 0 Å². The smallest absolute Gasteiger partial charge is 0.0839 e. The molecule has 66 valence electrons. The van der Waals surface area contributed by atoms with Crippen LogP contribution < -0.4 is 10.8 Å². The molecule has 2 aliphatic heterocycles. The van der Waals surface area contributed by atoms with E-state index >= 15 is 0 Å². The molecule has 0 radical (unpaired) electrons. The molecule has 2 saturated heterocycles. The predicted octanol–water partition coefficient (Wildman–Crippen LogP) is -0.256. The van der Waals surface area contributed by atoms with Gasteiger partial charge in [0.2, 0.25) is 0 Å². The second-order valence-electron chi connectivity index (χ2n) is 4.76. The molecule has 0 aromatic carbocycles. The molecule has 4 rings (SSSR count). The molecule has 12 heavy (non-hydrogen) atoms. The van der Waals surface area contributed by atoms with Crippen molar-refractivity contribution in [1.29, 1.82) is 0 Å². The van der Waals surface area contributed by atoms with Gasteiger partial charge in [0.1, 0.15) is 0 Å². The molecular weight excluding hydrogens is 152 g/mol. The van der Waals surface area contributed by atoms with E-state index in [0.29, 0.717) is 12.1 Å². The quantitative estimate of drug-likeness (QED) is 0.563. The Labute approximate surface area is 71.8 Å². The average molecular weight is 166 g/mol. The summed E-state index contributed by atoms with van der Waals surface area (Å²) in [7, 11) is 0. The molecule has 0 bridgehead atoms. The molecule has 0 aromatic rings. The number of piperidine rings is 1. The lowest BCUT2D eigenvalue weighted by Crippen LogP contribution is -2.31. The first-order valence-corrected chi connectivity index (χ1v) is 5.07. The normalized spacial score (nSPS) is 66.0. The number of hydrogen-bond donors (Lipinski definition) is 2. The van der Waals surface area contributed by atoms with Gasteiger partial charge >= 0.3 is 0 Å². The Morgan fingerprint density at radius 3 is 2.50 bits per heavy atom. The van der Waals surface area contributed by atoms with Gasteiger partial charge in [0.15, 0.2) is 0 Å². The highest BCUT2D eigenvalue weighted by atomic mass is 16.7. The monoisotopic (exact) mass is 166 g/mol. The summed E-state index contributed by atoms with van der Waals surface area (Å²) >= 11 is 0. The minimum Gasteiger partial charge on any atom is -0.316 e. The van der Waals surface area contributed by atoms with Crippen LogP contribution in [0, 0.1) is 23.7 Å². The zero-order valence-electron chi connectivity index (χ0n) is 6.99. The number of fused-ring (bicyclic) bond motifs is 2. The van der Waals surface area contributed by atoms with Crippen molar-refractivity contribution in [2.75, 3.05) is 13.1 Å². The minimum absolute atomic E-state index is 0.587. The lowest BCUT2D eigenvalue weighted by atomic mass is 10.1. The topological polar surface area (TPSA) is 33.3 Å². The van der Waals surface area contributed by atoms with Crippen LogP contribution in [-0.2, 0) is 4.84 Å². The van der Waals surface area contributed by atoms with E-state index in [1.807, 2.05) is 0 Å². The standard InChI is InChI=1S/C9H14N2O/c1-4-7(1)12-11-9(4)8-5-2-10-3-6(5)8/h4-11H,1-3H2/t4?,5-,6+,7?,8?,9?. The summed E-state index contributed by atoms with van der Waals surface area (Å²) in [4.78, 5) is 5.44. The summed E-state index contributed by atoms with van der Waals surface area (Å²) in [6, 6.07) is 0.715. The highest BCUT2D eigenvalue weighted by molar-refractivity contribution is 5.14. The molecular formula is C9H14N2O. The zero-order valence-corrected chi connectivity index (χ0v) is 6.99. The minimum atomic E-state index is 0.587. The maximum absolute atomic E-state index is 5.44. The van der Waals surface area contributed by atoms with Crippen molar-refractivity contribution in [2.45, 2.75) is 18.6 Å². The molecule has 2 saturated carbocycles. The maximum Gasteiger partial charge on any atom is 0.0839 e. The number of hydrogen-bond acceptors (Lipinski definition) is 3. The molecule has 6 atom stereocenters. The van der Waals surface area contributed by atoms with E-state index in [0.717, 1.165) is 23.7 Å². The van der Waals surface area contributed by atoms with Crippen molar-refractivity contribution in [2.24, 2.45) is 23.7 Å². The maximum atomic E-state index is 5.44. The molecule has 0 aromatic heterocycles. The highest BCUT2D eigenvalue weighted by Crippen LogP contribution is 2.57. The van der Waals surface area contributed by atoms with Crippen LogP contribution in [-0.4, -0.2) is 25.2 Å². The predicted molar refractivity (Wildman–Crippen MR) is 43.2 cm³/mol. The second-order valence-corrected chi connectivity index (χ2v) is 4.76. The Morgan fingerprint density at radius 2 is 1.92 bits per heavy atom. The third-order valence-corrected chi connectivity index (χ3v) is 4.17. The van der Waals surface area contributed by atoms with Gasteiger partial charge in [-0.1, -0.05) is 0 Å². The number of nitrogens with one attached hydrogen (secondary N) is 2. The van der Waals surface area contributed by atoms with Gasteiger partial charge < -0.3 is 5.32 Å². The SMILES string of the molecule is C1C2ONC(C3[C@H]4CNC[C@@H]34)C12. The van der Waals surface area contributed by atoms with E-state index < -0.39 is 0 Å².